The molecule has 2 aromatic carbocycles. The lowest BCUT2D eigenvalue weighted by Gasteiger charge is -2.36. The topological polar surface area (TPSA) is 102 Å². The lowest BCUT2D eigenvalue weighted by Crippen LogP contribution is -2.40. The van der Waals surface area contributed by atoms with Gasteiger partial charge in [0, 0.05) is 23.3 Å². The number of nitrogens with zero attached hydrogens (tertiary/aromatic N) is 2. The molecule has 0 unspecified atom stereocenters. The monoisotopic (exact) mass is 578 g/mol. The number of fused-ring (bicyclic) bond motifs is 1. The van der Waals surface area contributed by atoms with E-state index in [1.165, 1.54) is 24.3 Å². The molecule has 3 aromatic rings. The molecule has 2 aliphatic rings. The number of anilines is 2. The van der Waals surface area contributed by atoms with Gasteiger partial charge in [-0.25, -0.2) is 13.4 Å². The molecule has 1 aliphatic heterocycles. The molecule has 1 saturated heterocycles. The zero-order chi connectivity index (χ0) is 28.7. The Morgan fingerprint density at radius 1 is 1.07 bits per heavy atom. The van der Waals surface area contributed by atoms with Crippen LogP contribution >= 0.6 is 0 Å². The van der Waals surface area contributed by atoms with Gasteiger partial charge in [-0.15, -0.1) is 13.2 Å². The predicted molar refractivity (Wildman–Crippen MR) is 147 cm³/mol. The Morgan fingerprint density at radius 2 is 1.77 bits per heavy atom. The summed E-state index contributed by atoms with van der Waals surface area (Å²) in [5, 5.41) is 6.21. The van der Waals surface area contributed by atoms with Gasteiger partial charge in [0.15, 0.2) is 0 Å². The van der Waals surface area contributed by atoms with Crippen LogP contribution in [0.2, 0.25) is 0 Å². The Kier molecular flexibility index (Phi) is 7.49. The van der Waals surface area contributed by atoms with Gasteiger partial charge in [0.25, 0.3) is 5.91 Å². The van der Waals surface area contributed by atoms with E-state index < -0.39 is 16.2 Å². The van der Waals surface area contributed by atoms with Gasteiger partial charge >= 0.3 is 6.36 Å². The van der Waals surface area contributed by atoms with Gasteiger partial charge in [0.2, 0.25) is 5.95 Å². The van der Waals surface area contributed by atoms with E-state index in [9.17, 15) is 26.4 Å². The minimum Gasteiger partial charge on any atom is -0.406 e. The Balaban J connectivity index is 1.43. The maximum absolute atomic E-state index is 13.0. The Hall–Kier alpha value is -3.28. The van der Waals surface area contributed by atoms with Crippen LogP contribution in [0.4, 0.5) is 24.8 Å². The average Bonchev–Trinajstić information content (AvgIpc) is 3.22. The molecule has 40 heavy (non-hydrogen) atoms. The van der Waals surface area contributed by atoms with Crippen LogP contribution in [-0.4, -0.2) is 47.8 Å². The first kappa shape index (κ1) is 28.3. The highest BCUT2D eigenvalue weighted by Crippen LogP contribution is 2.43. The molecule has 1 aliphatic carbocycles. The number of halogens is 3. The summed E-state index contributed by atoms with van der Waals surface area (Å²) in [5.74, 6) is 0.0768. The maximum Gasteiger partial charge on any atom is 0.573 e. The van der Waals surface area contributed by atoms with E-state index in [1.54, 1.807) is 12.1 Å². The van der Waals surface area contributed by atoms with Gasteiger partial charge in [-0.05, 0) is 80.0 Å². The number of rotatable bonds is 6. The smallest absolute Gasteiger partial charge is 0.406 e. The van der Waals surface area contributed by atoms with E-state index in [-0.39, 0.29) is 40.7 Å². The zero-order valence-corrected chi connectivity index (χ0v) is 23.2. The van der Waals surface area contributed by atoms with E-state index in [1.807, 2.05) is 6.07 Å². The molecule has 1 amide bonds. The number of sulfone groups is 1. The largest absolute Gasteiger partial charge is 0.573 e. The third-order valence-corrected chi connectivity index (χ3v) is 9.45. The maximum atomic E-state index is 13.0. The van der Waals surface area contributed by atoms with E-state index in [0.29, 0.717) is 35.6 Å². The highest BCUT2D eigenvalue weighted by atomic mass is 32.2. The van der Waals surface area contributed by atoms with Crippen LogP contribution in [0.5, 0.6) is 5.75 Å². The van der Waals surface area contributed by atoms with Crippen LogP contribution in [0.15, 0.2) is 42.5 Å². The van der Waals surface area contributed by atoms with Gasteiger partial charge in [0.05, 0.1) is 22.5 Å². The number of hydrogen-bond acceptors (Lipinski definition) is 6. The van der Waals surface area contributed by atoms with Crippen LogP contribution in [0.1, 0.15) is 68.8 Å². The van der Waals surface area contributed by atoms with Crippen molar-refractivity contribution in [3.63, 3.8) is 0 Å². The summed E-state index contributed by atoms with van der Waals surface area (Å²) in [6, 6.07) is 10.8. The Morgan fingerprint density at radius 3 is 2.42 bits per heavy atom. The highest BCUT2D eigenvalue weighted by Gasteiger charge is 2.32. The number of amides is 1. The normalized spacial score (nSPS) is 21.2. The van der Waals surface area contributed by atoms with Crippen molar-refractivity contribution in [2.75, 3.05) is 16.8 Å². The van der Waals surface area contributed by atoms with Gasteiger partial charge in [-0.2, -0.15) is 0 Å². The lowest BCUT2D eigenvalue weighted by molar-refractivity contribution is -0.274. The Bertz CT molecular complexity index is 1490. The fraction of sp³-hybridized carbons (Fsp3) is 0.500. The van der Waals surface area contributed by atoms with Crippen LogP contribution in [-0.2, 0) is 9.84 Å². The molecule has 216 valence electrons. The van der Waals surface area contributed by atoms with Crippen LogP contribution in [0.25, 0.3) is 11.0 Å². The average molecular weight is 579 g/mol. The van der Waals surface area contributed by atoms with Crippen molar-refractivity contribution < 1.29 is 31.1 Å². The van der Waals surface area contributed by atoms with Gasteiger partial charge in [-0.1, -0.05) is 20.3 Å². The molecule has 2 N–H and O–H groups in total. The van der Waals surface area contributed by atoms with E-state index >= 15 is 0 Å². The summed E-state index contributed by atoms with van der Waals surface area (Å²) in [6.45, 7) is 4.48. The molecule has 1 saturated carbocycles. The minimum absolute atomic E-state index is 0.0669. The Labute approximate surface area is 231 Å². The highest BCUT2D eigenvalue weighted by molar-refractivity contribution is 7.91. The second kappa shape index (κ2) is 10.6. The van der Waals surface area contributed by atoms with Gasteiger partial charge in [-0.3, -0.25) is 4.79 Å². The van der Waals surface area contributed by atoms with Crippen molar-refractivity contribution in [3.05, 3.63) is 48.0 Å². The number of carbonyl (C=O) groups excluding carboxylic acids is 1. The molecule has 12 heteroatoms. The number of imidazole rings is 1. The molecule has 2 heterocycles. The molecule has 2 fully saturated rings. The van der Waals surface area contributed by atoms with Gasteiger partial charge < -0.3 is 19.9 Å². The molecule has 0 spiro atoms. The third-order valence-electron chi connectivity index (χ3n) is 7.73. The second-order valence-electron chi connectivity index (χ2n) is 11.5. The van der Waals surface area contributed by atoms with Crippen LogP contribution in [0.3, 0.4) is 0 Å². The fourth-order valence-corrected chi connectivity index (χ4v) is 7.24. The third kappa shape index (κ3) is 6.71. The molecule has 0 radical (unpaired) electrons. The van der Waals surface area contributed by atoms with E-state index in [0.717, 1.165) is 31.2 Å². The number of carbonyl (C=O) groups is 1. The van der Waals surface area contributed by atoms with Crippen LogP contribution < -0.4 is 15.4 Å². The fourth-order valence-electron chi connectivity index (χ4n) is 5.75. The van der Waals surface area contributed by atoms with E-state index in [4.69, 9.17) is 4.98 Å². The summed E-state index contributed by atoms with van der Waals surface area (Å²) in [6.07, 6.45) is 0.0687. The lowest BCUT2D eigenvalue weighted by atomic mass is 9.75. The number of aromatic nitrogens is 2. The zero-order valence-electron chi connectivity index (χ0n) is 22.4. The molecule has 1 atom stereocenters. The molecule has 1 aromatic heterocycles. The molecule has 0 bridgehead atoms. The van der Waals surface area contributed by atoms with Crippen molar-refractivity contribution in [2.45, 2.75) is 70.8 Å². The molecule has 8 nitrogen and oxygen atoms in total. The van der Waals surface area contributed by atoms with Crippen molar-refractivity contribution in [2.24, 2.45) is 5.41 Å². The predicted octanol–water partition coefficient (Wildman–Crippen LogP) is 6.13. The number of nitrogens with one attached hydrogen (secondary N) is 2. The summed E-state index contributed by atoms with van der Waals surface area (Å²) in [4.78, 5) is 17.8. The van der Waals surface area contributed by atoms with Crippen molar-refractivity contribution >= 4 is 38.4 Å². The number of hydrogen-bond donors (Lipinski definition) is 2. The minimum atomic E-state index is -4.77. The first-order chi connectivity index (χ1) is 18.8. The van der Waals surface area contributed by atoms with Gasteiger partial charge in [0.1, 0.15) is 15.6 Å². The number of benzene rings is 2. The molecular formula is C28H33F3N4O4S. The van der Waals surface area contributed by atoms with Crippen molar-refractivity contribution in [1.29, 1.82) is 0 Å². The SMILES string of the molecule is CC1(C)CCC[C@H](n2c(Nc3ccc(OC(F)(F)F)cc3)nc3cc(C(=O)NC4CCS(=O)(=O)CC4)ccc32)C1. The summed E-state index contributed by atoms with van der Waals surface area (Å²) >= 11 is 0. The van der Waals surface area contributed by atoms with Crippen molar-refractivity contribution in [1.82, 2.24) is 14.9 Å². The molecular weight excluding hydrogens is 545 g/mol. The number of ether oxygens (including phenoxy) is 1. The summed E-state index contributed by atoms with van der Waals surface area (Å²) < 4.78 is 67.3. The quantitative estimate of drug-likeness (QED) is 0.365. The van der Waals surface area contributed by atoms with Crippen LogP contribution in [0, 0.1) is 5.41 Å². The number of alkyl halides is 3. The standard InChI is InChI=1S/C28H33F3N4O4S/c1-27(2)13-3-4-21(17-27)35-24-10-5-18(25(36)32-20-11-14-40(37,38)15-12-20)16-23(24)34-26(35)33-19-6-8-22(9-7-19)39-28(29,30)31/h5-10,16,20-21H,3-4,11-15,17H2,1-2H3,(H,32,36)(H,33,34)/t21-/m0/s1. The first-order valence-electron chi connectivity index (χ1n) is 13.4. The van der Waals surface area contributed by atoms with Crippen molar-refractivity contribution in [3.8, 4) is 5.75 Å². The first-order valence-corrected chi connectivity index (χ1v) is 15.3. The summed E-state index contributed by atoms with van der Waals surface area (Å²) in [7, 11) is -3.03. The molecule has 5 rings (SSSR count). The second-order valence-corrected chi connectivity index (χ2v) is 13.8. The van der Waals surface area contributed by atoms with E-state index in [2.05, 4.69) is 33.8 Å². The summed E-state index contributed by atoms with van der Waals surface area (Å²) in [5.41, 5.74) is 2.58.